The fourth-order valence-corrected chi connectivity index (χ4v) is 3.73. The fraction of sp³-hybridized carbons (Fsp3) is 0.938. The summed E-state index contributed by atoms with van der Waals surface area (Å²) < 4.78 is 0. The fourth-order valence-electron chi connectivity index (χ4n) is 3.73. The summed E-state index contributed by atoms with van der Waals surface area (Å²) in [5, 5.41) is 3.24. The first kappa shape index (κ1) is 15.8. The molecule has 3 N–H and O–H groups in total. The van der Waals surface area contributed by atoms with Crippen LogP contribution >= 0.6 is 0 Å². The van der Waals surface area contributed by atoms with Gasteiger partial charge in [-0.15, -0.1) is 0 Å². The van der Waals surface area contributed by atoms with E-state index in [-0.39, 0.29) is 16.9 Å². The van der Waals surface area contributed by atoms with Gasteiger partial charge >= 0.3 is 0 Å². The van der Waals surface area contributed by atoms with Crippen LogP contribution in [0.1, 0.15) is 57.8 Å². The van der Waals surface area contributed by atoms with Crippen LogP contribution in [0.25, 0.3) is 0 Å². The van der Waals surface area contributed by atoms with Crippen molar-refractivity contribution in [3.63, 3.8) is 0 Å². The standard InChI is InChI=1S/C16H31N3O/c1-19(2)16(10-7-11-16)13-18-14(20)15(12-17)8-5-3-4-6-9-15/h3-13,17H2,1-2H3,(H,18,20). The Kier molecular flexibility index (Phi) is 5.08. The lowest BCUT2D eigenvalue weighted by molar-refractivity contribution is -0.132. The van der Waals surface area contributed by atoms with Gasteiger partial charge in [0.25, 0.3) is 0 Å². The molecule has 4 heteroatoms. The molecule has 0 aromatic rings. The molecule has 2 fully saturated rings. The second kappa shape index (κ2) is 6.44. The Morgan fingerprint density at radius 1 is 1.05 bits per heavy atom. The Labute approximate surface area is 123 Å². The Morgan fingerprint density at radius 2 is 1.65 bits per heavy atom. The van der Waals surface area contributed by atoms with Crippen LogP contribution in [0, 0.1) is 5.41 Å². The molecule has 0 unspecified atom stereocenters. The zero-order valence-electron chi connectivity index (χ0n) is 13.2. The second-order valence-electron chi connectivity index (χ2n) is 7.05. The van der Waals surface area contributed by atoms with Gasteiger partial charge in [0.2, 0.25) is 5.91 Å². The number of nitrogens with zero attached hydrogens (tertiary/aromatic N) is 1. The third-order valence-electron chi connectivity index (χ3n) is 5.74. The summed E-state index contributed by atoms with van der Waals surface area (Å²) in [5.41, 5.74) is 5.88. The molecule has 4 nitrogen and oxygen atoms in total. The monoisotopic (exact) mass is 281 g/mol. The van der Waals surface area contributed by atoms with E-state index >= 15 is 0 Å². The van der Waals surface area contributed by atoms with Crippen LogP contribution in [0.5, 0.6) is 0 Å². The highest BCUT2D eigenvalue weighted by Gasteiger charge is 2.42. The van der Waals surface area contributed by atoms with Gasteiger partial charge in [-0.1, -0.05) is 25.7 Å². The van der Waals surface area contributed by atoms with Gasteiger partial charge in [0.1, 0.15) is 0 Å². The Balaban J connectivity index is 1.95. The van der Waals surface area contributed by atoms with E-state index < -0.39 is 0 Å². The zero-order valence-corrected chi connectivity index (χ0v) is 13.2. The van der Waals surface area contributed by atoms with Crippen LogP contribution in [0.4, 0.5) is 0 Å². The van der Waals surface area contributed by atoms with Gasteiger partial charge in [0.05, 0.1) is 5.41 Å². The molecule has 0 aromatic heterocycles. The van der Waals surface area contributed by atoms with E-state index in [0.29, 0.717) is 6.54 Å². The molecule has 116 valence electrons. The molecule has 0 bridgehead atoms. The topological polar surface area (TPSA) is 58.4 Å². The summed E-state index contributed by atoms with van der Waals surface area (Å²) in [5.74, 6) is 0.204. The zero-order chi connectivity index (χ0) is 14.6. The molecular formula is C16H31N3O. The smallest absolute Gasteiger partial charge is 0.227 e. The number of carbonyl (C=O) groups excluding carboxylic acids is 1. The van der Waals surface area contributed by atoms with Crippen LogP contribution in [0.15, 0.2) is 0 Å². The molecule has 2 saturated carbocycles. The van der Waals surface area contributed by atoms with Crippen molar-refractivity contribution in [2.45, 2.75) is 63.3 Å². The van der Waals surface area contributed by atoms with Gasteiger partial charge in [-0.25, -0.2) is 0 Å². The minimum Gasteiger partial charge on any atom is -0.354 e. The molecule has 0 spiro atoms. The van der Waals surface area contributed by atoms with Crippen molar-refractivity contribution in [2.75, 3.05) is 27.2 Å². The number of hydrogen-bond donors (Lipinski definition) is 2. The molecule has 2 aliphatic rings. The normalized spacial score (nSPS) is 24.8. The minimum absolute atomic E-state index is 0.191. The summed E-state index contributed by atoms with van der Waals surface area (Å²) in [7, 11) is 4.24. The summed E-state index contributed by atoms with van der Waals surface area (Å²) >= 11 is 0. The highest BCUT2D eigenvalue weighted by molar-refractivity contribution is 5.83. The molecule has 1 amide bonds. The predicted octanol–water partition coefficient (Wildman–Crippen LogP) is 1.89. The quantitative estimate of drug-likeness (QED) is 0.757. The van der Waals surface area contributed by atoms with Crippen LogP contribution in [-0.4, -0.2) is 43.5 Å². The number of nitrogens with two attached hydrogens (primary N) is 1. The average Bonchev–Trinajstić information content (AvgIpc) is 2.63. The molecule has 0 saturated heterocycles. The van der Waals surface area contributed by atoms with Crippen molar-refractivity contribution in [1.29, 1.82) is 0 Å². The van der Waals surface area contributed by atoms with E-state index in [2.05, 4.69) is 24.3 Å². The number of amides is 1. The van der Waals surface area contributed by atoms with Crippen molar-refractivity contribution in [1.82, 2.24) is 10.2 Å². The maximum Gasteiger partial charge on any atom is 0.227 e. The number of carbonyl (C=O) groups is 1. The van der Waals surface area contributed by atoms with Gasteiger partial charge in [-0.3, -0.25) is 4.79 Å². The molecule has 0 aromatic carbocycles. The van der Waals surface area contributed by atoms with E-state index in [4.69, 9.17) is 5.73 Å². The number of rotatable bonds is 5. The lowest BCUT2D eigenvalue weighted by Gasteiger charge is -2.48. The molecule has 0 radical (unpaired) electrons. The lowest BCUT2D eigenvalue weighted by Crippen LogP contribution is -2.59. The van der Waals surface area contributed by atoms with Gasteiger partial charge < -0.3 is 16.0 Å². The van der Waals surface area contributed by atoms with E-state index in [9.17, 15) is 4.79 Å². The summed E-state index contributed by atoms with van der Waals surface area (Å²) in [6.45, 7) is 1.27. The maximum absolute atomic E-state index is 12.7. The van der Waals surface area contributed by atoms with Crippen LogP contribution < -0.4 is 11.1 Å². The van der Waals surface area contributed by atoms with Gasteiger partial charge in [-0.05, 0) is 46.2 Å². The number of nitrogens with one attached hydrogen (secondary N) is 1. The first-order chi connectivity index (χ1) is 9.55. The van der Waals surface area contributed by atoms with Crippen LogP contribution in [0.2, 0.25) is 0 Å². The molecule has 0 atom stereocenters. The third-order valence-corrected chi connectivity index (χ3v) is 5.74. The van der Waals surface area contributed by atoms with Crippen molar-refractivity contribution < 1.29 is 4.79 Å². The van der Waals surface area contributed by atoms with Crippen LogP contribution in [-0.2, 0) is 4.79 Å². The number of likely N-dealkylation sites (N-methyl/N-ethyl adjacent to an activating group) is 1. The minimum atomic E-state index is -0.298. The van der Waals surface area contributed by atoms with Gasteiger partial charge in [0, 0.05) is 18.6 Å². The Hall–Kier alpha value is -0.610. The highest BCUT2D eigenvalue weighted by atomic mass is 16.2. The lowest BCUT2D eigenvalue weighted by atomic mass is 9.74. The van der Waals surface area contributed by atoms with E-state index in [1.165, 1.54) is 32.1 Å². The van der Waals surface area contributed by atoms with Gasteiger partial charge in [-0.2, -0.15) is 0 Å². The van der Waals surface area contributed by atoms with Crippen molar-refractivity contribution in [3.8, 4) is 0 Å². The number of hydrogen-bond acceptors (Lipinski definition) is 3. The van der Waals surface area contributed by atoms with E-state index in [0.717, 1.165) is 32.2 Å². The molecular weight excluding hydrogens is 250 g/mol. The van der Waals surface area contributed by atoms with E-state index in [1.807, 2.05) is 0 Å². The molecule has 20 heavy (non-hydrogen) atoms. The average molecular weight is 281 g/mol. The van der Waals surface area contributed by atoms with Crippen LogP contribution in [0.3, 0.4) is 0 Å². The van der Waals surface area contributed by atoms with Crippen molar-refractivity contribution >= 4 is 5.91 Å². The molecule has 2 rings (SSSR count). The summed E-state index contributed by atoms with van der Waals surface area (Å²) in [6.07, 6.45) is 10.4. The third kappa shape index (κ3) is 3.01. The molecule has 0 aliphatic heterocycles. The van der Waals surface area contributed by atoms with Gasteiger partial charge in [0.15, 0.2) is 0 Å². The first-order valence-electron chi connectivity index (χ1n) is 8.21. The van der Waals surface area contributed by atoms with Crippen molar-refractivity contribution in [2.24, 2.45) is 11.1 Å². The maximum atomic E-state index is 12.7. The molecule has 0 heterocycles. The molecule has 2 aliphatic carbocycles. The largest absolute Gasteiger partial charge is 0.354 e. The second-order valence-corrected chi connectivity index (χ2v) is 7.05. The Bertz CT molecular complexity index is 329. The van der Waals surface area contributed by atoms with Crippen molar-refractivity contribution in [3.05, 3.63) is 0 Å². The highest BCUT2D eigenvalue weighted by Crippen LogP contribution is 2.37. The Morgan fingerprint density at radius 3 is 2.05 bits per heavy atom. The van der Waals surface area contributed by atoms with E-state index in [1.54, 1.807) is 0 Å². The summed E-state index contributed by atoms with van der Waals surface area (Å²) in [4.78, 5) is 15.0. The summed E-state index contributed by atoms with van der Waals surface area (Å²) in [6, 6.07) is 0. The SMILES string of the molecule is CN(C)C1(CNC(=O)C2(CN)CCCCCC2)CCC1. The first-order valence-corrected chi connectivity index (χ1v) is 8.21. The predicted molar refractivity (Wildman–Crippen MR) is 82.5 cm³/mol.